The largest absolute Gasteiger partial charge is 0.465 e. The van der Waals surface area contributed by atoms with Gasteiger partial charge in [-0.2, -0.15) is 5.26 Å². The number of piperidine rings is 1. The Bertz CT molecular complexity index is 321. The summed E-state index contributed by atoms with van der Waals surface area (Å²) in [4.78, 5) is 12.2. The highest BCUT2D eigenvalue weighted by Gasteiger charge is 2.41. The zero-order valence-electron chi connectivity index (χ0n) is 9.99. The van der Waals surface area contributed by atoms with Crippen LogP contribution in [0.25, 0.3) is 0 Å². The molecule has 1 amide bonds. The molecule has 16 heavy (non-hydrogen) atoms. The molecule has 1 atom stereocenters. The van der Waals surface area contributed by atoms with E-state index in [1.165, 1.54) is 4.90 Å². The fourth-order valence-electron chi connectivity index (χ4n) is 1.97. The first-order valence-electron chi connectivity index (χ1n) is 5.37. The van der Waals surface area contributed by atoms with E-state index in [-0.39, 0.29) is 6.54 Å². The summed E-state index contributed by atoms with van der Waals surface area (Å²) in [5.74, 6) is 0. The molecule has 0 bridgehead atoms. The van der Waals surface area contributed by atoms with Crippen LogP contribution < -0.4 is 0 Å². The van der Waals surface area contributed by atoms with Gasteiger partial charge < -0.3 is 14.4 Å². The zero-order chi connectivity index (χ0) is 12.4. The van der Waals surface area contributed by atoms with Gasteiger partial charge in [-0.15, -0.1) is 0 Å². The van der Waals surface area contributed by atoms with E-state index < -0.39 is 20.0 Å². The van der Waals surface area contributed by atoms with Crippen LogP contribution in [0.15, 0.2) is 0 Å². The minimum atomic E-state index is -1.84. The van der Waals surface area contributed by atoms with Crippen molar-refractivity contribution in [2.75, 3.05) is 13.1 Å². The highest BCUT2D eigenvalue weighted by atomic mass is 28.4. The highest BCUT2D eigenvalue weighted by Crippen LogP contribution is 2.28. The van der Waals surface area contributed by atoms with Gasteiger partial charge in [0.2, 0.25) is 0 Å². The lowest BCUT2D eigenvalue weighted by molar-refractivity contribution is 0.0311. The maximum absolute atomic E-state index is 10.9. The SMILES string of the molecule is C[Si](C)(C)OC1(C#N)CCCN(C(=O)O)C1. The monoisotopic (exact) mass is 242 g/mol. The smallest absolute Gasteiger partial charge is 0.407 e. The summed E-state index contributed by atoms with van der Waals surface area (Å²) in [6.07, 6.45) is 0.334. The Hall–Kier alpha value is -1.06. The summed E-state index contributed by atoms with van der Waals surface area (Å²) in [5, 5.41) is 18.2. The Kier molecular flexibility index (Phi) is 3.60. The molecule has 0 aromatic heterocycles. The maximum atomic E-state index is 10.9. The standard InChI is InChI=1S/C10H18N2O3Si/c1-16(2,3)15-10(7-11)5-4-6-12(8-10)9(13)14/h4-6,8H2,1-3H3,(H,13,14). The number of hydrogen-bond acceptors (Lipinski definition) is 3. The molecule has 90 valence electrons. The number of nitrogens with zero attached hydrogens (tertiary/aromatic N) is 2. The molecular weight excluding hydrogens is 224 g/mol. The lowest BCUT2D eigenvalue weighted by atomic mass is 9.95. The quantitative estimate of drug-likeness (QED) is 0.750. The number of likely N-dealkylation sites (tertiary alicyclic amines) is 1. The van der Waals surface area contributed by atoms with Crippen LogP contribution in [0.1, 0.15) is 12.8 Å². The van der Waals surface area contributed by atoms with Crippen LogP contribution in [0, 0.1) is 11.3 Å². The summed E-state index contributed by atoms with van der Waals surface area (Å²) < 4.78 is 5.87. The molecule has 1 unspecified atom stereocenters. The van der Waals surface area contributed by atoms with E-state index in [1.54, 1.807) is 0 Å². The van der Waals surface area contributed by atoms with E-state index in [0.29, 0.717) is 19.4 Å². The normalized spacial score (nSPS) is 26.2. The molecule has 1 fully saturated rings. The summed E-state index contributed by atoms with van der Waals surface area (Å²) in [6.45, 7) is 6.68. The minimum absolute atomic E-state index is 0.170. The molecule has 0 saturated carbocycles. The van der Waals surface area contributed by atoms with Gasteiger partial charge in [0.05, 0.1) is 12.6 Å². The summed E-state index contributed by atoms with van der Waals surface area (Å²) in [5.41, 5.74) is -0.929. The molecule has 0 spiro atoms. The summed E-state index contributed by atoms with van der Waals surface area (Å²) in [7, 11) is -1.84. The number of amides is 1. The second-order valence-corrected chi connectivity index (χ2v) is 9.56. The Morgan fingerprint density at radius 2 is 2.19 bits per heavy atom. The van der Waals surface area contributed by atoms with Crippen molar-refractivity contribution in [2.24, 2.45) is 0 Å². The van der Waals surface area contributed by atoms with Gasteiger partial charge >= 0.3 is 6.09 Å². The van der Waals surface area contributed by atoms with Gasteiger partial charge in [0, 0.05) is 6.54 Å². The van der Waals surface area contributed by atoms with Crippen LogP contribution in [-0.2, 0) is 4.43 Å². The van der Waals surface area contributed by atoms with Crippen LogP contribution in [-0.4, -0.2) is 43.1 Å². The fraction of sp³-hybridized carbons (Fsp3) is 0.800. The third kappa shape index (κ3) is 3.22. The lowest BCUT2D eigenvalue weighted by Crippen LogP contribution is -2.54. The molecule has 1 heterocycles. The van der Waals surface area contributed by atoms with Crippen molar-refractivity contribution in [2.45, 2.75) is 38.1 Å². The molecule has 0 radical (unpaired) electrons. The summed E-state index contributed by atoms with van der Waals surface area (Å²) >= 11 is 0. The minimum Gasteiger partial charge on any atom is -0.465 e. The molecule has 0 aromatic carbocycles. The Morgan fingerprint density at radius 3 is 2.62 bits per heavy atom. The van der Waals surface area contributed by atoms with E-state index in [2.05, 4.69) is 6.07 Å². The van der Waals surface area contributed by atoms with Gasteiger partial charge in [-0.25, -0.2) is 4.79 Å². The molecule has 6 heteroatoms. The van der Waals surface area contributed by atoms with Gasteiger partial charge in [-0.1, -0.05) is 0 Å². The zero-order valence-corrected chi connectivity index (χ0v) is 11.0. The highest BCUT2D eigenvalue weighted by molar-refractivity contribution is 6.69. The second kappa shape index (κ2) is 4.43. The number of hydrogen-bond donors (Lipinski definition) is 1. The first-order valence-corrected chi connectivity index (χ1v) is 8.78. The van der Waals surface area contributed by atoms with Gasteiger partial charge in [-0.3, -0.25) is 0 Å². The maximum Gasteiger partial charge on any atom is 0.407 e. The van der Waals surface area contributed by atoms with Crippen molar-refractivity contribution in [1.29, 1.82) is 5.26 Å². The first kappa shape index (κ1) is 13.0. The predicted octanol–water partition coefficient (Wildman–Crippen LogP) is 1.87. The number of rotatable bonds is 2. The van der Waals surface area contributed by atoms with Gasteiger partial charge in [0.1, 0.15) is 0 Å². The lowest BCUT2D eigenvalue weighted by Gasteiger charge is -2.40. The van der Waals surface area contributed by atoms with Crippen LogP contribution in [0.3, 0.4) is 0 Å². The van der Waals surface area contributed by atoms with Crippen LogP contribution in [0.2, 0.25) is 19.6 Å². The van der Waals surface area contributed by atoms with E-state index in [9.17, 15) is 10.1 Å². The molecule has 1 N–H and O–H groups in total. The van der Waals surface area contributed by atoms with Gasteiger partial charge in [0.25, 0.3) is 0 Å². The predicted molar refractivity (Wildman–Crippen MR) is 61.6 cm³/mol. The topological polar surface area (TPSA) is 73.6 Å². The number of carboxylic acid groups (broad SMARTS) is 1. The Balaban J connectivity index is 2.81. The first-order chi connectivity index (χ1) is 7.28. The number of nitriles is 1. The van der Waals surface area contributed by atoms with Crippen LogP contribution in [0.5, 0.6) is 0 Å². The van der Waals surface area contributed by atoms with Crippen LogP contribution >= 0.6 is 0 Å². The van der Waals surface area contributed by atoms with E-state index >= 15 is 0 Å². The Morgan fingerprint density at radius 1 is 1.56 bits per heavy atom. The summed E-state index contributed by atoms with van der Waals surface area (Å²) in [6, 6.07) is 2.17. The number of carbonyl (C=O) groups is 1. The molecule has 5 nitrogen and oxygen atoms in total. The third-order valence-corrected chi connectivity index (χ3v) is 3.43. The molecular formula is C10H18N2O3Si. The van der Waals surface area contributed by atoms with Crippen molar-refractivity contribution in [3.63, 3.8) is 0 Å². The van der Waals surface area contributed by atoms with Gasteiger partial charge in [-0.05, 0) is 32.5 Å². The third-order valence-electron chi connectivity index (χ3n) is 2.43. The van der Waals surface area contributed by atoms with E-state index in [4.69, 9.17) is 9.53 Å². The van der Waals surface area contributed by atoms with E-state index in [1.807, 2.05) is 19.6 Å². The molecule has 0 aromatic rings. The van der Waals surface area contributed by atoms with Crippen molar-refractivity contribution in [3.8, 4) is 6.07 Å². The van der Waals surface area contributed by atoms with Crippen molar-refractivity contribution >= 4 is 14.4 Å². The Labute approximate surface area is 96.7 Å². The van der Waals surface area contributed by atoms with Crippen molar-refractivity contribution in [3.05, 3.63) is 0 Å². The fourth-order valence-corrected chi connectivity index (χ4v) is 3.35. The molecule has 1 saturated heterocycles. The molecule has 1 aliphatic heterocycles. The van der Waals surface area contributed by atoms with Crippen LogP contribution in [0.4, 0.5) is 4.79 Å². The average Bonchev–Trinajstić information content (AvgIpc) is 2.15. The second-order valence-electron chi connectivity index (χ2n) is 5.13. The van der Waals surface area contributed by atoms with Crippen molar-refractivity contribution < 1.29 is 14.3 Å². The average molecular weight is 242 g/mol. The molecule has 1 aliphatic rings. The van der Waals surface area contributed by atoms with Gasteiger partial charge in [0.15, 0.2) is 13.9 Å². The van der Waals surface area contributed by atoms with Crippen molar-refractivity contribution in [1.82, 2.24) is 4.90 Å². The van der Waals surface area contributed by atoms with E-state index in [0.717, 1.165) is 0 Å². The molecule has 0 aliphatic carbocycles. The molecule has 1 rings (SSSR count).